The number of carbonyl (C=O) groups excluding carboxylic acids is 1. The standard InChI is InChI=1S/C15H22N2O3S/c1-3-12(2)15(18)16-9-11-21(19,20)17-10-8-13-6-4-5-7-14(13)17/h4-7,12H,3,8-11H2,1-2H3,(H,16,18)/t12-/m1/s1. The Kier molecular flexibility index (Phi) is 4.88. The molecule has 1 aromatic rings. The molecule has 1 aliphatic rings. The van der Waals surface area contributed by atoms with Gasteiger partial charge in [0.2, 0.25) is 15.9 Å². The molecule has 1 atom stereocenters. The van der Waals surface area contributed by atoms with Gasteiger partial charge in [0, 0.05) is 19.0 Å². The van der Waals surface area contributed by atoms with E-state index >= 15 is 0 Å². The molecule has 1 heterocycles. The second kappa shape index (κ2) is 6.47. The molecule has 1 aliphatic heterocycles. The van der Waals surface area contributed by atoms with Crippen LogP contribution in [-0.4, -0.2) is 33.2 Å². The molecule has 116 valence electrons. The molecule has 0 bridgehead atoms. The number of benzene rings is 1. The molecule has 1 N–H and O–H groups in total. The number of carbonyl (C=O) groups is 1. The van der Waals surface area contributed by atoms with Gasteiger partial charge in [-0.25, -0.2) is 8.42 Å². The summed E-state index contributed by atoms with van der Waals surface area (Å²) in [6, 6.07) is 7.55. The number of amides is 1. The number of nitrogens with zero attached hydrogens (tertiary/aromatic N) is 1. The number of fused-ring (bicyclic) bond motifs is 1. The van der Waals surface area contributed by atoms with Crippen LogP contribution in [0.5, 0.6) is 0 Å². The van der Waals surface area contributed by atoms with Crippen molar-refractivity contribution in [3.05, 3.63) is 29.8 Å². The summed E-state index contributed by atoms with van der Waals surface area (Å²) >= 11 is 0. The minimum atomic E-state index is -3.38. The molecule has 1 amide bonds. The summed E-state index contributed by atoms with van der Waals surface area (Å²) in [7, 11) is -3.38. The normalized spacial score (nSPS) is 15.6. The molecule has 0 unspecified atom stereocenters. The first-order valence-electron chi connectivity index (χ1n) is 7.31. The van der Waals surface area contributed by atoms with Crippen molar-refractivity contribution in [1.82, 2.24) is 5.32 Å². The van der Waals surface area contributed by atoms with E-state index < -0.39 is 10.0 Å². The van der Waals surface area contributed by atoms with Crippen LogP contribution in [0.3, 0.4) is 0 Å². The van der Waals surface area contributed by atoms with Crippen LogP contribution in [0.2, 0.25) is 0 Å². The quantitative estimate of drug-likeness (QED) is 0.867. The molecular formula is C15H22N2O3S. The molecule has 0 radical (unpaired) electrons. The highest BCUT2D eigenvalue weighted by Gasteiger charge is 2.28. The van der Waals surface area contributed by atoms with Crippen LogP contribution in [-0.2, 0) is 21.2 Å². The zero-order valence-corrected chi connectivity index (χ0v) is 13.3. The lowest BCUT2D eigenvalue weighted by Gasteiger charge is -2.20. The molecular weight excluding hydrogens is 288 g/mol. The van der Waals surface area contributed by atoms with Gasteiger partial charge >= 0.3 is 0 Å². The predicted octanol–water partition coefficient (Wildman–Crippen LogP) is 1.54. The summed E-state index contributed by atoms with van der Waals surface area (Å²) in [5.41, 5.74) is 1.83. The fourth-order valence-electron chi connectivity index (χ4n) is 2.37. The van der Waals surface area contributed by atoms with Crippen molar-refractivity contribution in [3.8, 4) is 0 Å². The number of hydrogen-bond acceptors (Lipinski definition) is 3. The van der Waals surface area contributed by atoms with Gasteiger partial charge in [-0.05, 0) is 24.5 Å². The fourth-order valence-corrected chi connectivity index (χ4v) is 3.80. The van der Waals surface area contributed by atoms with E-state index in [1.54, 1.807) is 0 Å². The molecule has 0 aliphatic carbocycles. The summed E-state index contributed by atoms with van der Waals surface area (Å²) in [4.78, 5) is 11.7. The van der Waals surface area contributed by atoms with Crippen LogP contribution in [0.15, 0.2) is 24.3 Å². The Balaban J connectivity index is 1.96. The van der Waals surface area contributed by atoms with E-state index in [4.69, 9.17) is 0 Å². The van der Waals surface area contributed by atoms with E-state index in [9.17, 15) is 13.2 Å². The van der Waals surface area contributed by atoms with Crippen molar-refractivity contribution in [2.45, 2.75) is 26.7 Å². The van der Waals surface area contributed by atoms with E-state index in [2.05, 4.69) is 5.32 Å². The Morgan fingerprint density at radius 3 is 2.81 bits per heavy atom. The van der Waals surface area contributed by atoms with Gasteiger partial charge in [-0.15, -0.1) is 0 Å². The maximum Gasteiger partial charge on any atom is 0.236 e. The number of rotatable bonds is 6. The maximum absolute atomic E-state index is 12.4. The largest absolute Gasteiger partial charge is 0.355 e. The molecule has 1 aromatic carbocycles. The lowest BCUT2D eigenvalue weighted by atomic mass is 10.1. The molecule has 2 rings (SSSR count). The third-order valence-corrected chi connectivity index (χ3v) is 5.67. The van der Waals surface area contributed by atoms with Crippen molar-refractivity contribution in [3.63, 3.8) is 0 Å². The highest BCUT2D eigenvalue weighted by atomic mass is 32.2. The van der Waals surface area contributed by atoms with Crippen molar-refractivity contribution in [1.29, 1.82) is 0 Å². The topological polar surface area (TPSA) is 66.5 Å². The lowest BCUT2D eigenvalue weighted by Crippen LogP contribution is -2.38. The first-order chi connectivity index (χ1) is 9.95. The molecule has 6 heteroatoms. The van der Waals surface area contributed by atoms with Crippen LogP contribution in [0.25, 0.3) is 0 Å². The highest BCUT2D eigenvalue weighted by Crippen LogP contribution is 2.29. The molecule has 0 aromatic heterocycles. The van der Waals surface area contributed by atoms with E-state index in [1.807, 2.05) is 38.1 Å². The summed E-state index contributed by atoms with van der Waals surface area (Å²) < 4.78 is 26.2. The summed E-state index contributed by atoms with van der Waals surface area (Å²) in [5, 5.41) is 2.69. The Labute approximate surface area is 126 Å². The van der Waals surface area contributed by atoms with E-state index in [0.717, 1.165) is 24.1 Å². The third kappa shape index (κ3) is 3.56. The molecule has 0 saturated heterocycles. The number of hydrogen-bond donors (Lipinski definition) is 1. The minimum Gasteiger partial charge on any atom is -0.355 e. The highest BCUT2D eigenvalue weighted by molar-refractivity contribution is 7.92. The third-order valence-electron chi connectivity index (χ3n) is 3.90. The van der Waals surface area contributed by atoms with Gasteiger partial charge in [0.05, 0.1) is 11.4 Å². The molecule has 21 heavy (non-hydrogen) atoms. The molecule has 0 saturated carbocycles. The van der Waals surface area contributed by atoms with Gasteiger partial charge in [-0.3, -0.25) is 9.10 Å². The molecule has 5 nitrogen and oxygen atoms in total. The van der Waals surface area contributed by atoms with Crippen LogP contribution in [0.1, 0.15) is 25.8 Å². The van der Waals surface area contributed by atoms with Gasteiger partial charge in [-0.2, -0.15) is 0 Å². The second-order valence-electron chi connectivity index (χ2n) is 5.37. The van der Waals surface area contributed by atoms with Crippen molar-refractivity contribution < 1.29 is 13.2 Å². The number of nitrogens with one attached hydrogen (secondary N) is 1. The Bertz CT molecular complexity index is 613. The Morgan fingerprint density at radius 1 is 1.38 bits per heavy atom. The summed E-state index contributed by atoms with van der Waals surface area (Å²) in [6.07, 6.45) is 1.49. The van der Waals surface area contributed by atoms with Crippen LogP contribution in [0.4, 0.5) is 5.69 Å². The zero-order valence-electron chi connectivity index (χ0n) is 12.5. The van der Waals surface area contributed by atoms with Crippen molar-refractivity contribution in [2.24, 2.45) is 5.92 Å². The SMILES string of the molecule is CC[C@@H](C)C(=O)NCCS(=O)(=O)N1CCc2ccccc21. The lowest BCUT2D eigenvalue weighted by molar-refractivity contribution is -0.124. The average Bonchev–Trinajstić information content (AvgIpc) is 2.90. The second-order valence-corrected chi connectivity index (χ2v) is 7.38. The number of sulfonamides is 1. The summed E-state index contributed by atoms with van der Waals surface area (Å²) in [6.45, 7) is 4.41. The zero-order chi connectivity index (χ0) is 15.5. The first-order valence-corrected chi connectivity index (χ1v) is 8.92. The smallest absolute Gasteiger partial charge is 0.236 e. The van der Waals surface area contributed by atoms with Gasteiger partial charge < -0.3 is 5.32 Å². The van der Waals surface area contributed by atoms with Crippen LogP contribution < -0.4 is 9.62 Å². The van der Waals surface area contributed by atoms with Crippen molar-refractivity contribution in [2.75, 3.05) is 23.1 Å². The minimum absolute atomic E-state index is 0.0660. The molecule has 0 spiro atoms. The predicted molar refractivity (Wildman–Crippen MR) is 83.7 cm³/mol. The van der Waals surface area contributed by atoms with Crippen LogP contribution in [0, 0.1) is 5.92 Å². The number of para-hydroxylation sites is 1. The van der Waals surface area contributed by atoms with E-state index in [0.29, 0.717) is 6.54 Å². The monoisotopic (exact) mass is 310 g/mol. The number of anilines is 1. The van der Waals surface area contributed by atoms with Gasteiger partial charge in [0.15, 0.2) is 0 Å². The van der Waals surface area contributed by atoms with E-state index in [-0.39, 0.29) is 24.1 Å². The van der Waals surface area contributed by atoms with E-state index in [1.165, 1.54) is 4.31 Å². The van der Waals surface area contributed by atoms with Gasteiger partial charge in [0.25, 0.3) is 0 Å². The van der Waals surface area contributed by atoms with Crippen molar-refractivity contribution >= 4 is 21.6 Å². The Hall–Kier alpha value is -1.56. The molecule has 0 fully saturated rings. The Morgan fingerprint density at radius 2 is 2.10 bits per heavy atom. The summed E-state index contributed by atoms with van der Waals surface area (Å²) in [5.74, 6) is -0.238. The van der Waals surface area contributed by atoms with Gasteiger partial charge in [-0.1, -0.05) is 32.0 Å². The fraction of sp³-hybridized carbons (Fsp3) is 0.533. The van der Waals surface area contributed by atoms with Crippen LogP contribution >= 0.6 is 0 Å². The maximum atomic E-state index is 12.4. The van der Waals surface area contributed by atoms with Gasteiger partial charge in [0.1, 0.15) is 0 Å². The average molecular weight is 310 g/mol. The first kappa shape index (κ1) is 15.8.